The molecule has 23 heavy (non-hydrogen) atoms. The number of benzene rings is 1. The third-order valence-electron chi connectivity index (χ3n) is 3.64. The van der Waals surface area contributed by atoms with Crippen LogP contribution >= 0.6 is 11.3 Å². The number of fused-ring (bicyclic) bond motifs is 1. The van der Waals surface area contributed by atoms with Gasteiger partial charge < -0.3 is 14.9 Å². The summed E-state index contributed by atoms with van der Waals surface area (Å²) in [7, 11) is 1.66. The highest BCUT2D eigenvalue weighted by molar-refractivity contribution is 7.19. The van der Waals surface area contributed by atoms with E-state index in [0.717, 1.165) is 33.1 Å². The van der Waals surface area contributed by atoms with Crippen LogP contribution in [0.1, 0.15) is 0 Å². The van der Waals surface area contributed by atoms with Crippen LogP contribution < -0.4 is 10.5 Å². The number of methoxy groups -OCH3 is 1. The molecule has 0 saturated carbocycles. The van der Waals surface area contributed by atoms with Crippen molar-refractivity contribution in [1.29, 1.82) is 0 Å². The van der Waals surface area contributed by atoms with Crippen molar-refractivity contribution in [2.24, 2.45) is 0 Å². The second kappa shape index (κ2) is 5.40. The Morgan fingerprint density at radius 2 is 2.09 bits per heavy atom. The predicted octanol–water partition coefficient (Wildman–Crippen LogP) is 3.72. The second-order valence-electron chi connectivity index (χ2n) is 5.07. The van der Waals surface area contributed by atoms with Crippen LogP contribution in [-0.4, -0.2) is 21.5 Å². The molecule has 0 radical (unpaired) electrons. The van der Waals surface area contributed by atoms with Crippen LogP contribution in [0, 0.1) is 0 Å². The summed E-state index contributed by atoms with van der Waals surface area (Å²) in [5.41, 5.74) is 9.79. The summed E-state index contributed by atoms with van der Waals surface area (Å²) in [6, 6.07) is 11.9. The summed E-state index contributed by atoms with van der Waals surface area (Å²) in [6.07, 6.45) is 5.75. The molecule has 0 aliphatic rings. The molecule has 6 heteroatoms. The van der Waals surface area contributed by atoms with E-state index in [4.69, 9.17) is 10.5 Å². The zero-order valence-corrected chi connectivity index (χ0v) is 13.2. The Bertz CT molecular complexity index is 989. The van der Waals surface area contributed by atoms with Crippen LogP contribution in [0.15, 0.2) is 55.0 Å². The SMILES string of the molecule is COc1cccc(-c2nc(N)sc2-c2ccc3nccn3c2)c1. The van der Waals surface area contributed by atoms with Crippen LogP contribution in [0.3, 0.4) is 0 Å². The number of imidazole rings is 1. The summed E-state index contributed by atoms with van der Waals surface area (Å²) in [5.74, 6) is 0.796. The van der Waals surface area contributed by atoms with Gasteiger partial charge in [0.25, 0.3) is 0 Å². The monoisotopic (exact) mass is 322 g/mol. The van der Waals surface area contributed by atoms with Crippen molar-refractivity contribution in [1.82, 2.24) is 14.4 Å². The second-order valence-corrected chi connectivity index (χ2v) is 6.10. The number of anilines is 1. The van der Waals surface area contributed by atoms with Crippen LogP contribution in [-0.2, 0) is 0 Å². The van der Waals surface area contributed by atoms with Gasteiger partial charge >= 0.3 is 0 Å². The summed E-state index contributed by atoms with van der Waals surface area (Å²) in [5, 5.41) is 0.545. The molecule has 3 aromatic heterocycles. The molecule has 5 nitrogen and oxygen atoms in total. The zero-order valence-electron chi connectivity index (χ0n) is 12.4. The van der Waals surface area contributed by atoms with E-state index in [1.165, 1.54) is 11.3 Å². The van der Waals surface area contributed by atoms with Crippen LogP contribution in [0.25, 0.3) is 27.3 Å². The fraction of sp³-hybridized carbons (Fsp3) is 0.0588. The van der Waals surface area contributed by atoms with Crippen LogP contribution in [0.2, 0.25) is 0 Å². The first kappa shape index (κ1) is 13.8. The van der Waals surface area contributed by atoms with Crippen molar-refractivity contribution >= 4 is 22.1 Å². The van der Waals surface area contributed by atoms with Crippen molar-refractivity contribution in [3.05, 3.63) is 55.0 Å². The molecular weight excluding hydrogens is 308 g/mol. The molecule has 0 saturated heterocycles. The van der Waals surface area contributed by atoms with E-state index >= 15 is 0 Å². The van der Waals surface area contributed by atoms with Crippen molar-refractivity contribution < 1.29 is 4.74 Å². The zero-order chi connectivity index (χ0) is 15.8. The minimum atomic E-state index is 0.545. The molecule has 0 amide bonds. The normalized spacial score (nSPS) is 11.0. The third kappa shape index (κ3) is 2.43. The minimum absolute atomic E-state index is 0.545. The Morgan fingerprint density at radius 3 is 2.96 bits per heavy atom. The van der Waals surface area contributed by atoms with E-state index in [1.54, 1.807) is 13.3 Å². The highest BCUT2D eigenvalue weighted by Gasteiger charge is 2.15. The molecule has 0 aliphatic carbocycles. The number of rotatable bonds is 3. The van der Waals surface area contributed by atoms with Crippen molar-refractivity contribution in [2.45, 2.75) is 0 Å². The molecule has 0 spiro atoms. The lowest BCUT2D eigenvalue weighted by Crippen LogP contribution is -1.88. The molecule has 3 heterocycles. The predicted molar refractivity (Wildman–Crippen MR) is 92.7 cm³/mol. The Kier molecular flexibility index (Phi) is 3.24. The number of hydrogen-bond acceptors (Lipinski definition) is 5. The summed E-state index contributed by atoms with van der Waals surface area (Å²) >= 11 is 1.48. The standard InChI is InChI=1S/C17H14N4OS/c1-22-13-4-2-3-11(9-13)15-16(23-17(18)20-15)12-5-6-14-19-7-8-21(14)10-12/h2-10H,1H3,(H2,18,20). The molecule has 0 unspecified atom stereocenters. The fourth-order valence-corrected chi connectivity index (χ4v) is 3.40. The van der Waals surface area contributed by atoms with E-state index in [-0.39, 0.29) is 0 Å². The maximum Gasteiger partial charge on any atom is 0.181 e. The molecule has 0 fully saturated rings. The number of aromatic nitrogens is 3. The maximum absolute atomic E-state index is 5.97. The Hall–Kier alpha value is -2.86. The molecule has 1 aromatic carbocycles. The van der Waals surface area contributed by atoms with E-state index in [2.05, 4.69) is 9.97 Å². The molecule has 4 rings (SSSR count). The molecule has 2 N–H and O–H groups in total. The summed E-state index contributed by atoms with van der Waals surface area (Å²) in [4.78, 5) is 9.82. The number of ether oxygens (including phenoxy) is 1. The van der Waals surface area contributed by atoms with Crippen molar-refractivity contribution in [2.75, 3.05) is 12.8 Å². The molecule has 114 valence electrons. The highest BCUT2D eigenvalue weighted by Crippen LogP contribution is 2.38. The molecular formula is C17H14N4OS. The average Bonchev–Trinajstić information content (AvgIpc) is 3.20. The quantitative estimate of drug-likeness (QED) is 0.624. The number of nitrogens with two attached hydrogens (primary N) is 1. The first-order valence-electron chi connectivity index (χ1n) is 7.08. The lowest BCUT2D eigenvalue weighted by molar-refractivity contribution is 0.415. The minimum Gasteiger partial charge on any atom is -0.497 e. The van der Waals surface area contributed by atoms with Gasteiger partial charge in [-0.3, -0.25) is 0 Å². The van der Waals surface area contributed by atoms with Crippen LogP contribution in [0.5, 0.6) is 5.75 Å². The number of thiazole rings is 1. The van der Waals surface area contributed by atoms with Gasteiger partial charge in [0.1, 0.15) is 11.4 Å². The highest BCUT2D eigenvalue weighted by atomic mass is 32.1. The Morgan fingerprint density at radius 1 is 1.17 bits per heavy atom. The number of pyridine rings is 1. The Balaban J connectivity index is 1.88. The summed E-state index contributed by atoms with van der Waals surface area (Å²) in [6.45, 7) is 0. The first-order chi connectivity index (χ1) is 11.2. The largest absolute Gasteiger partial charge is 0.497 e. The van der Waals surface area contributed by atoms with Gasteiger partial charge in [0.2, 0.25) is 0 Å². The number of nitrogen functional groups attached to an aromatic ring is 1. The smallest absolute Gasteiger partial charge is 0.181 e. The van der Waals surface area contributed by atoms with Gasteiger partial charge in [-0.05, 0) is 24.3 Å². The van der Waals surface area contributed by atoms with E-state index in [1.807, 2.05) is 53.2 Å². The fourth-order valence-electron chi connectivity index (χ4n) is 2.55. The topological polar surface area (TPSA) is 65.4 Å². The lowest BCUT2D eigenvalue weighted by Gasteiger charge is -2.05. The van der Waals surface area contributed by atoms with Gasteiger partial charge in [-0.15, -0.1) is 0 Å². The van der Waals surface area contributed by atoms with Gasteiger partial charge in [0, 0.05) is 29.7 Å². The van der Waals surface area contributed by atoms with Gasteiger partial charge in [0.05, 0.1) is 17.7 Å². The average molecular weight is 322 g/mol. The maximum atomic E-state index is 5.97. The van der Waals surface area contributed by atoms with Gasteiger partial charge in [-0.2, -0.15) is 0 Å². The van der Waals surface area contributed by atoms with E-state index < -0.39 is 0 Å². The molecule has 0 atom stereocenters. The number of hydrogen-bond donors (Lipinski definition) is 1. The van der Waals surface area contributed by atoms with E-state index in [0.29, 0.717) is 5.13 Å². The van der Waals surface area contributed by atoms with Crippen molar-refractivity contribution in [3.63, 3.8) is 0 Å². The molecule has 4 aromatic rings. The number of nitrogens with zero attached hydrogens (tertiary/aromatic N) is 3. The van der Waals surface area contributed by atoms with Gasteiger partial charge in [0.15, 0.2) is 5.13 Å². The molecule has 0 bridgehead atoms. The lowest BCUT2D eigenvalue weighted by atomic mass is 10.1. The van der Waals surface area contributed by atoms with Crippen LogP contribution in [0.4, 0.5) is 5.13 Å². The van der Waals surface area contributed by atoms with Crippen molar-refractivity contribution in [3.8, 4) is 27.4 Å². The van der Waals surface area contributed by atoms with Gasteiger partial charge in [-0.25, -0.2) is 9.97 Å². The first-order valence-corrected chi connectivity index (χ1v) is 7.90. The molecule has 0 aliphatic heterocycles. The third-order valence-corrected chi connectivity index (χ3v) is 4.57. The van der Waals surface area contributed by atoms with Gasteiger partial charge in [-0.1, -0.05) is 23.5 Å². The Labute approximate surface area is 137 Å². The van der Waals surface area contributed by atoms with E-state index in [9.17, 15) is 0 Å². The summed E-state index contributed by atoms with van der Waals surface area (Å²) < 4.78 is 7.29.